The first-order valence-electron chi connectivity index (χ1n) is 6.87. The largest absolute Gasteiger partial charge is 0.303 e. The summed E-state index contributed by atoms with van der Waals surface area (Å²) in [4.78, 5) is 11.3. The van der Waals surface area contributed by atoms with Crippen molar-refractivity contribution in [1.29, 1.82) is 0 Å². The van der Waals surface area contributed by atoms with E-state index >= 15 is 0 Å². The topological polar surface area (TPSA) is 17.1 Å². The van der Waals surface area contributed by atoms with E-state index < -0.39 is 0 Å². The van der Waals surface area contributed by atoms with Crippen LogP contribution in [-0.2, 0) is 4.79 Å². The van der Waals surface area contributed by atoms with Gasteiger partial charge in [-0.1, -0.05) is 25.7 Å². The maximum Gasteiger partial charge on any atom is 0.123 e. The summed E-state index contributed by atoms with van der Waals surface area (Å²) in [6, 6.07) is 0. The zero-order valence-corrected chi connectivity index (χ0v) is 9.53. The maximum absolute atomic E-state index is 11.3. The predicted molar refractivity (Wildman–Crippen MR) is 60.5 cm³/mol. The van der Waals surface area contributed by atoms with Gasteiger partial charge in [0, 0.05) is 5.92 Å². The number of aldehydes is 1. The van der Waals surface area contributed by atoms with Gasteiger partial charge in [-0.25, -0.2) is 0 Å². The van der Waals surface area contributed by atoms with E-state index in [4.69, 9.17) is 0 Å². The average molecular weight is 206 g/mol. The molecule has 15 heavy (non-hydrogen) atoms. The average Bonchev–Trinajstić information content (AvgIpc) is 2.63. The van der Waals surface area contributed by atoms with Crippen molar-refractivity contribution in [2.24, 2.45) is 29.6 Å². The minimum absolute atomic E-state index is 0.445. The molecule has 0 amide bonds. The Labute approximate surface area is 92.6 Å². The number of rotatable bonds is 1. The molecule has 3 aliphatic carbocycles. The fourth-order valence-electron chi connectivity index (χ4n) is 4.91. The highest BCUT2D eigenvalue weighted by Crippen LogP contribution is 2.56. The standard InChI is InChI=1S/C14H22O/c15-9-14-12-7-3-1-5-10(12)11-6-2-4-8-13(11)14/h9-14H,1-8H2. The second-order valence-electron chi connectivity index (χ2n) is 5.94. The number of fused-ring (bicyclic) bond motifs is 3. The summed E-state index contributed by atoms with van der Waals surface area (Å²) in [5, 5.41) is 0. The van der Waals surface area contributed by atoms with Crippen LogP contribution in [0.4, 0.5) is 0 Å². The second kappa shape index (κ2) is 3.92. The van der Waals surface area contributed by atoms with Gasteiger partial charge in [-0.3, -0.25) is 0 Å². The first-order chi connectivity index (χ1) is 7.42. The maximum atomic E-state index is 11.3. The highest BCUT2D eigenvalue weighted by atomic mass is 16.1. The Morgan fingerprint density at radius 1 is 0.667 bits per heavy atom. The van der Waals surface area contributed by atoms with Crippen LogP contribution in [0.5, 0.6) is 0 Å². The zero-order valence-electron chi connectivity index (χ0n) is 9.53. The van der Waals surface area contributed by atoms with Crippen molar-refractivity contribution >= 4 is 6.29 Å². The molecule has 0 saturated heterocycles. The van der Waals surface area contributed by atoms with Gasteiger partial charge in [-0.05, 0) is 49.4 Å². The molecule has 1 nitrogen and oxygen atoms in total. The van der Waals surface area contributed by atoms with Gasteiger partial charge in [0.1, 0.15) is 6.29 Å². The van der Waals surface area contributed by atoms with Crippen LogP contribution in [0.15, 0.2) is 0 Å². The van der Waals surface area contributed by atoms with Crippen molar-refractivity contribution in [2.45, 2.75) is 51.4 Å². The van der Waals surface area contributed by atoms with Gasteiger partial charge >= 0.3 is 0 Å². The molecule has 3 fully saturated rings. The summed E-state index contributed by atoms with van der Waals surface area (Å²) < 4.78 is 0. The van der Waals surface area contributed by atoms with E-state index in [1.54, 1.807) is 0 Å². The van der Waals surface area contributed by atoms with Gasteiger partial charge in [0.15, 0.2) is 0 Å². The molecule has 0 aromatic rings. The summed E-state index contributed by atoms with van der Waals surface area (Å²) in [6.07, 6.45) is 12.5. The van der Waals surface area contributed by atoms with Gasteiger partial charge in [-0.2, -0.15) is 0 Å². The molecule has 0 aromatic heterocycles. The third-order valence-electron chi connectivity index (χ3n) is 5.45. The zero-order chi connectivity index (χ0) is 10.3. The van der Waals surface area contributed by atoms with Crippen LogP contribution in [0.1, 0.15) is 51.4 Å². The number of carbonyl (C=O) groups is 1. The molecule has 0 radical (unpaired) electrons. The van der Waals surface area contributed by atoms with Crippen LogP contribution in [0, 0.1) is 29.6 Å². The predicted octanol–water partition coefficient (Wildman–Crippen LogP) is 3.43. The van der Waals surface area contributed by atoms with E-state index in [2.05, 4.69) is 0 Å². The molecule has 3 rings (SSSR count). The third kappa shape index (κ3) is 1.46. The minimum atomic E-state index is 0.445. The first-order valence-corrected chi connectivity index (χ1v) is 6.87. The van der Waals surface area contributed by atoms with Crippen LogP contribution >= 0.6 is 0 Å². The number of hydrogen-bond donors (Lipinski definition) is 0. The van der Waals surface area contributed by atoms with Gasteiger partial charge in [0.25, 0.3) is 0 Å². The molecule has 0 N–H and O–H groups in total. The lowest BCUT2D eigenvalue weighted by Gasteiger charge is -2.32. The Morgan fingerprint density at radius 2 is 1.07 bits per heavy atom. The molecule has 0 aliphatic heterocycles. The summed E-state index contributed by atoms with van der Waals surface area (Å²) in [7, 11) is 0. The van der Waals surface area contributed by atoms with Crippen LogP contribution in [-0.4, -0.2) is 6.29 Å². The summed E-state index contributed by atoms with van der Waals surface area (Å²) in [5.74, 6) is 3.87. The monoisotopic (exact) mass is 206 g/mol. The molecule has 0 aromatic carbocycles. The smallest absolute Gasteiger partial charge is 0.123 e. The lowest BCUT2D eigenvalue weighted by atomic mass is 9.73. The van der Waals surface area contributed by atoms with Crippen molar-refractivity contribution in [3.05, 3.63) is 0 Å². The van der Waals surface area contributed by atoms with Crippen molar-refractivity contribution in [1.82, 2.24) is 0 Å². The summed E-state index contributed by atoms with van der Waals surface area (Å²) >= 11 is 0. The van der Waals surface area contributed by atoms with Crippen LogP contribution < -0.4 is 0 Å². The summed E-state index contributed by atoms with van der Waals surface area (Å²) in [6.45, 7) is 0. The van der Waals surface area contributed by atoms with E-state index in [0.717, 1.165) is 23.7 Å². The van der Waals surface area contributed by atoms with Crippen molar-refractivity contribution in [3.8, 4) is 0 Å². The van der Waals surface area contributed by atoms with Gasteiger partial charge in [0.05, 0.1) is 0 Å². The molecule has 3 aliphatic rings. The fourth-order valence-corrected chi connectivity index (χ4v) is 4.91. The Balaban J connectivity index is 1.86. The molecule has 4 unspecified atom stereocenters. The van der Waals surface area contributed by atoms with E-state index in [-0.39, 0.29) is 0 Å². The molecule has 0 spiro atoms. The Morgan fingerprint density at radius 3 is 1.47 bits per heavy atom. The highest BCUT2D eigenvalue weighted by molar-refractivity contribution is 5.56. The molecule has 0 heterocycles. The molecular formula is C14H22O. The lowest BCUT2D eigenvalue weighted by Crippen LogP contribution is -2.22. The van der Waals surface area contributed by atoms with Gasteiger partial charge < -0.3 is 4.79 Å². The molecule has 1 heteroatoms. The Hall–Kier alpha value is -0.330. The lowest BCUT2D eigenvalue weighted by molar-refractivity contribution is -0.113. The van der Waals surface area contributed by atoms with E-state index in [9.17, 15) is 4.79 Å². The van der Waals surface area contributed by atoms with Gasteiger partial charge in [-0.15, -0.1) is 0 Å². The number of carbonyl (C=O) groups excluding carboxylic acids is 1. The molecule has 0 bridgehead atoms. The fraction of sp³-hybridized carbons (Fsp3) is 0.929. The quantitative estimate of drug-likeness (QED) is 0.601. The molecule has 84 valence electrons. The van der Waals surface area contributed by atoms with Crippen LogP contribution in [0.3, 0.4) is 0 Å². The Kier molecular flexibility index (Phi) is 2.58. The summed E-state index contributed by atoms with van der Waals surface area (Å²) in [5.41, 5.74) is 0. The van der Waals surface area contributed by atoms with E-state index in [1.807, 2.05) is 0 Å². The van der Waals surface area contributed by atoms with Crippen molar-refractivity contribution < 1.29 is 4.79 Å². The number of hydrogen-bond acceptors (Lipinski definition) is 1. The van der Waals surface area contributed by atoms with Gasteiger partial charge in [0.2, 0.25) is 0 Å². The highest BCUT2D eigenvalue weighted by Gasteiger charge is 2.50. The van der Waals surface area contributed by atoms with Crippen molar-refractivity contribution in [2.75, 3.05) is 0 Å². The first kappa shape index (κ1) is 9.86. The minimum Gasteiger partial charge on any atom is -0.303 e. The molecule has 4 atom stereocenters. The third-order valence-corrected chi connectivity index (χ3v) is 5.45. The van der Waals surface area contributed by atoms with Crippen molar-refractivity contribution in [3.63, 3.8) is 0 Å². The van der Waals surface area contributed by atoms with Crippen LogP contribution in [0.25, 0.3) is 0 Å². The second-order valence-corrected chi connectivity index (χ2v) is 5.94. The Bertz CT molecular complexity index is 226. The van der Waals surface area contributed by atoms with Crippen LogP contribution in [0.2, 0.25) is 0 Å². The SMILES string of the molecule is O=CC1C2CCCCC2C2CCCCC12. The van der Waals surface area contributed by atoms with E-state index in [0.29, 0.717) is 5.92 Å². The van der Waals surface area contributed by atoms with E-state index in [1.165, 1.54) is 57.7 Å². The normalized spacial score (nSPS) is 49.5. The molecular weight excluding hydrogens is 184 g/mol. The molecule has 3 saturated carbocycles.